The van der Waals surface area contributed by atoms with Crippen molar-refractivity contribution in [3.8, 4) is 0 Å². The fourth-order valence-electron chi connectivity index (χ4n) is 1.45. The van der Waals surface area contributed by atoms with E-state index in [9.17, 15) is 9.59 Å². The number of carboxylic acid groups (broad SMARTS) is 1. The smallest absolute Gasteiger partial charge is 0.337 e. The maximum Gasteiger partial charge on any atom is 0.337 e. The Morgan fingerprint density at radius 3 is 2.83 bits per heavy atom. The molecule has 0 aliphatic rings. The number of carboxylic acids is 1. The van der Waals surface area contributed by atoms with Gasteiger partial charge < -0.3 is 16.2 Å². The zero-order valence-corrected chi connectivity index (χ0v) is 10.2. The molecule has 1 unspecified atom stereocenters. The molecule has 0 saturated heterocycles. The van der Waals surface area contributed by atoms with E-state index in [2.05, 4.69) is 10.3 Å². The van der Waals surface area contributed by atoms with Gasteiger partial charge in [0.2, 0.25) is 5.91 Å². The van der Waals surface area contributed by atoms with Crippen LogP contribution in [0.5, 0.6) is 0 Å². The Hall–Kier alpha value is -1.95. The van der Waals surface area contributed by atoms with E-state index in [1.807, 2.05) is 0 Å². The van der Waals surface area contributed by atoms with Crippen LogP contribution in [-0.2, 0) is 4.79 Å². The quantitative estimate of drug-likeness (QED) is 0.702. The second kappa shape index (κ2) is 6.70. The number of carbonyl (C=O) groups is 2. The zero-order valence-electron chi connectivity index (χ0n) is 10.2. The molecule has 0 spiro atoms. The van der Waals surface area contributed by atoms with Crippen LogP contribution in [0, 0.1) is 5.92 Å². The Balaban J connectivity index is 2.64. The molecule has 1 aromatic heterocycles. The Morgan fingerprint density at radius 1 is 1.50 bits per heavy atom. The van der Waals surface area contributed by atoms with Crippen molar-refractivity contribution in [3.63, 3.8) is 0 Å². The van der Waals surface area contributed by atoms with E-state index in [1.54, 1.807) is 6.92 Å². The molecular weight excluding hydrogens is 234 g/mol. The van der Waals surface area contributed by atoms with E-state index >= 15 is 0 Å². The van der Waals surface area contributed by atoms with Crippen LogP contribution in [0.25, 0.3) is 0 Å². The summed E-state index contributed by atoms with van der Waals surface area (Å²) in [7, 11) is 0. The highest BCUT2D eigenvalue weighted by molar-refractivity contribution is 5.94. The van der Waals surface area contributed by atoms with Crippen molar-refractivity contribution >= 4 is 17.6 Å². The number of hydrogen-bond donors (Lipinski definition) is 3. The van der Waals surface area contributed by atoms with Crippen LogP contribution in [0.1, 0.15) is 30.1 Å². The lowest BCUT2D eigenvalue weighted by Gasteiger charge is -2.11. The summed E-state index contributed by atoms with van der Waals surface area (Å²) in [5.41, 5.74) is 5.81. The Morgan fingerprint density at radius 2 is 2.22 bits per heavy atom. The number of pyridine rings is 1. The van der Waals surface area contributed by atoms with Gasteiger partial charge in [0, 0.05) is 12.1 Å². The standard InChI is InChI=1S/C12H17N3O3/c1-8(3-2-4-13)11(16)15-10-5-9(12(17)18)6-14-7-10/h5-8H,2-4,13H2,1H3,(H,15,16)(H,17,18). The summed E-state index contributed by atoms with van der Waals surface area (Å²) in [4.78, 5) is 26.3. The van der Waals surface area contributed by atoms with Gasteiger partial charge in [0.1, 0.15) is 0 Å². The number of anilines is 1. The third-order valence-corrected chi connectivity index (χ3v) is 2.54. The van der Waals surface area contributed by atoms with E-state index in [1.165, 1.54) is 18.5 Å². The first-order valence-corrected chi connectivity index (χ1v) is 5.74. The third kappa shape index (κ3) is 4.14. The molecular formula is C12H17N3O3. The number of nitrogens with one attached hydrogen (secondary N) is 1. The molecule has 1 amide bonds. The first-order valence-electron chi connectivity index (χ1n) is 5.74. The first-order chi connectivity index (χ1) is 8.54. The van der Waals surface area contributed by atoms with Gasteiger partial charge in [-0.1, -0.05) is 6.92 Å². The number of rotatable bonds is 6. The summed E-state index contributed by atoms with van der Waals surface area (Å²) < 4.78 is 0. The van der Waals surface area contributed by atoms with Crippen molar-refractivity contribution in [3.05, 3.63) is 24.0 Å². The summed E-state index contributed by atoms with van der Waals surface area (Å²) >= 11 is 0. The molecule has 0 aliphatic heterocycles. The molecule has 1 aromatic rings. The number of carbonyl (C=O) groups excluding carboxylic acids is 1. The predicted octanol–water partition coefficient (Wildman–Crippen LogP) is 1.09. The fraction of sp³-hybridized carbons (Fsp3) is 0.417. The molecule has 1 rings (SSSR count). The van der Waals surface area contributed by atoms with Gasteiger partial charge in [-0.3, -0.25) is 9.78 Å². The maximum atomic E-state index is 11.8. The Bertz CT molecular complexity index is 434. The van der Waals surface area contributed by atoms with E-state index in [-0.39, 0.29) is 17.4 Å². The molecule has 6 heteroatoms. The second-order valence-electron chi connectivity index (χ2n) is 4.09. The zero-order chi connectivity index (χ0) is 13.5. The van der Waals surface area contributed by atoms with Gasteiger partial charge in [-0.05, 0) is 25.5 Å². The minimum atomic E-state index is -1.07. The van der Waals surface area contributed by atoms with Crippen molar-refractivity contribution in [1.29, 1.82) is 0 Å². The monoisotopic (exact) mass is 251 g/mol. The number of aromatic carboxylic acids is 1. The highest BCUT2D eigenvalue weighted by atomic mass is 16.4. The number of nitrogens with zero attached hydrogens (tertiary/aromatic N) is 1. The molecule has 1 heterocycles. The van der Waals surface area contributed by atoms with Crippen molar-refractivity contribution in [2.75, 3.05) is 11.9 Å². The summed E-state index contributed by atoms with van der Waals surface area (Å²) in [5.74, 6) is -1.40. The largest absolute Gasteiger partial charge is 0.478 e. The summed E-state index contributed by atoms with van der Waals surface area (Å²) in [6, 6.07) is 1.38. The average Bonchev–Trinajstić information content (AvgIpc) is 2.36. The molecule has 18 heavy (non-hydrogen) atoms. The van der Waals surface area contributed by atoms with Crippen LogP contribution < -0.4 is 11.1 Å². The Labute approximate surface area is 105 Å². The van der Waals surface area contributed by atoms with Gasteiger partial charge in [0.25, 0.3) is 0 Å². The molecule has 0 aromatic carbocycles. The van der Waals surface area contributed by atoms with Crippen LogP contribution >= 0.6 is 0 Å². The molecule has 4 N–H and O–H groups in total. The normalized spacial score (nSPS) is 11.9. The first kappa shape index (κ1) is 14.1. The number of aromatic nitrogens is 1. The van der Waals surface area contributed by atoms with Crippen molar-refractivity contribution < 1.29 is 14.7 Å². The van der Waals surface area contributed by atoms with Crippen LogP contribution in [0.15, 0.2) is 18.5 Å². The molecule has 0 saturated carbocycles. The highest BCUT2D eigenvalue weighted by Gasteiger charge is 2.13. The maximum absolute atomic E-state index is 11.8. The fourth-order valence-corrected chi connectivity index (χ4v) is 1.45. The molecule has 0 radical (unpaired) electrons. The lowest BCUT2D eigenvalue weighted by Crippen LogP contribution is -2.21. The average molecular weight is 251 g/mol. The summed E-state index contributed by atoms with van der Waals surface area (Å²) in [5, 5.41) is 11.4. The molecule has 6 nitrogen and oxygen atoms in total. The van der Waals surface area contributed by atoms with Gasteiger partial charge in [-0.25, -0.2) is 4.79 Å². The van der Waals surface area contributed by atoms with Crippen molar-refractivity contribution in [2.45, 2.75) is 19.8 Å². The SMILES string of the molecule is CC(CCCN)C(=O)Nc1cncc(C(=O)O)c1. The minimum absolute atomic E-state index is 0.0439. The van der Waals surface area contributed by atoms with Crippen LogP contribution in [-0.4, -0.2) is 28.5 Å². The number of amides is 1. The van der Waals surface area contributed by atoms with E-state index in [0.717, 1.165) is 6.42 Å². The predicted molar refractivity (Wildman–Crippen MR) is 67.3 cm³/mol. The lowest BCUT2D eigenvalue weighted by molar-refractivity contribution is -0.119. The molecule has 0 fully saturated rings. The summed E-state index contributed by atoms with van der Waals surface area (Å²) in [6.45, 7) is 2.35. The third-order valence-electron chi connectivity index (χ3n) is 2.54. The molecule has 1 atom stereocenters. The van der Waals surface area contributed by atoms with E-state index in [4.69, 9.17) is 10.8 Å². The van der Waals surface area contributed by atoms with Gasteiger partial charge in [-0.2, -0.15) is 0 Å². The van der Waals surface area contributed by atoms with Crippen LogP contribution in [0.3, 0.4) is 0 Å². The molecule has 0 aliphatic carbocycles. The Kier molecular flexibility index (Phi) is 5.26. The second-order valence-corrected chi connectivity index (χ2v) is 4.09. The van der Waals surface area contributed by atoms with Gasteiger partial charge >= 0.3 is 5.97 Å². The summed E-state index contributed by atoms with van der Waals surface area (Å²) in [6.07, 6.45) is 4.13. The molecule has 98 valence electrons. The van der Waals surface area contributed by atoms with Gasteiger partial charge in [0.05, 0.1) is 17.4 Å². The number of nitrogens with two attached hydrogens (primary N) is 1. The van der Waals surface area contributed by atoms with Crippen molar-refractivity contribution in [2.24, 2.45) is 11.7 Å². The van der Waals surface area contributed by atoms with Gasteiger partial charge in [0.15, 0.2) is 0 Å². The van der Waals surface area contributed by atoms with Gasteiger partial charge in [-0.15, -0.1) is 0 Å². The van der Waals surface area contributed by atoms with Crippen LogP contribution in [0.2, 0.25) is 0 Å². The van der Waals surface area contributed by atoms with E-state index in [0.29, 0.717) is 18.7 Å². The minimum Gasteiger partial charge on any atom is -0.478 e. The van der Waals surface area contributed by atoms with Crippen molar-refractivity contribution in [1.82, 2.24) is 4.98 Å². The molecule has 0 bridgehead atoms. The van der Waals surface area contributed by atoms with E-state index < -0.39 is 5.97 Å². The highest BCUT2D eigenvalue weighted by Crippen LogP contribution is 2.12. The topological polar surface area (TPSA) is 105 Å². The number of hydrogen-bond acceptors (Lipinski definition) is 4. The van der Waals surface area contributed by atoms with Crippen LogP contribution in [0.4, 0.5) is 5.69 Å². The lowest BCUT2D eigenvalue weighted by atomic mass is 10.0.